The van der Waals surface area contributed by atoms with Crippen molar-refractivity contribution in [2.45, 2.75) is 0 Å². The van der Waals surface area contributed by atoms with Crippen molar-refractivity contribution in [1.82, 2.24) is 0 Å². The van der Waals surface area contributed by atoms with Crippen molar-refractivity contribution in [3.8, 4) is 0 Å². The van der Waals surface area contributed by atoms with E-state index in [4.69, 9.17) is 11.6 Å². The fourth-order valence-corrected chi connectivity index (χ4v) is 3.09. The fourth-order valence-electron chi connectivity index (χ4n) is 2.91. The van der Waals surface area contributed by atoms with Gasteiger partial charge in [0.2, 0.25) is 0 Å². The molecule has 0 radical (unpaired) electrons. The van der Waals surface area contributed by atoms with E-state index in [1.807, 2.05) is 0 Å². The number of hydrogen-bond donors (Lipinski definition) is 4. The van der Waals surface area contributed by atoms with Crippen LogP contribution in [0.15, 0.2) is 78.4 Å². The minimum atomic E-state index is -1.30. The number of hydrogen-bond acceptors (Lipinski definition) is 4. The van der Waals surface area contributed by atoms with E-state index in [-0.39, 0.29) is 33.1 Å². The molecule has 0 saturated carbocycles. The zero-order valence-electron chi connectivity index (χ0n) is 16.9. The molecule has 166 valence electrons. The minimum Gasteiger partial charge on any atom is -0.478 e. The second kappa shape index (κ2) is 10.3. The summed E-state index contributed by atoms with van der Waals surface area (Å²) >= 11 is 5.94. The van der Waals surface area contributed by atoms with Gasteiger partial charge in [0.1, 0.15) is 5.57 Å². The lowest BCUT2D eigenvalue weighted by Gasteiger charge is -2.13. The molecule has 0 aliphatic carbocycles. The van der Waals surface area contributed by atoms with Gasteiger partial charge in [-0.2, -0.15) is 0 Å². The molecule has 0 atom stereocenters. The van der Waals surface area contributed by atoms with E-state index in [0.29, 0.717) is 5.56 Å². The predicted octanol–water partition coefficient (Wildman–Crippen LogP) is 4.40. The molecule has 0 fully saturated rings. The van der Waals surface area contributed by atoms with Crippen LogP contribution in [0.1, 0.15) is 26.3 Å². The van der Waals surface area contributed by atoms with Crippen LogP contribution in [0.3, 0.4) is 0 Å². The number of benzene rings is 3. The zero-order chi connectivity index (χ0) is 24.0. The standard InChI is InChI=1S/C24H17ClN2O6/c25-15-10-11-17(24(32)33)20(13-15)27-22(29)18(12-14-6-2-1-3-7-14)21(28)26-19-9-5-4-8-16(19)23(30)31/h1-13H,(H,26,28)(H,27,29)(H,30,31)(H,32,33). The molecule has 3 rings (SSSR count). The predicted molar refractivity (Wildman–Crippen MR) is 123 cm³/mol. The Morgan fingerprint density at radius 1 is 0.697 bits per heavy atom. The van der Waals surface area contributed by atoms with Gasteiger partial charge in [0.05, 0.1) is 22.5 Å². The summed E-state index contributed by atoms with van der Waals surface area (Å²) < 4.78 is 0. The average molecular weight is 465 g/mol. The Hall–Kier alpha value is -4.43. The van der Waals surface area contributed by atoms with Gasteiger partial charge in [0.25, 0.3) is 11.8 Å². The van der Waals surface area contributed by atoms with Gasteiger partial charge in [0, 0.05) is 5.02 Å². The van der Waals surface area contributed by atoms with Crippen molar-refractivity contribution in [3.05, 3.63) is 100 Å². The number of nitrogens with one attached hydrogen (secondary N) is 2. The van der Waals surface area contributed by atoms with Crippen molar-refractivity contribution < 1.29 is 29.4 Å². The SMILES string of the molecule is O=C(Nc1ccccc1C(=O)O)C(=Cc1ccccc1)C(=O)Nc1cc(Cl)ccc1C(=O)O. The van der Waals surface area contributed by atoms with Crippen LogP contribution in [0.2, 0.25) is 5.02 Å². The van der Waals surface area contributed by atoms with Crippen LogP contribution in [0, 0.1) is 0 Å². The summed E-state index contributed by atoms with van der Waals surface area (Å²) in [5, 5.41) is 23.8. The second-order valence-corrected chi connectivity index (χ2v) is 7.16. The first-order valence-electron chi connectivity index (χ1n) is 9.51. The summed E-state index contributed by atoms with van der Waals surface area (Å²) in [6, 6.07) is 18.1. The van der Waals surface area contributed by atoms with E-state index in [1.165, 1.54) is 48.5 Å². The largest absolute Gasteiger partial charge is 0.478 e. The topological polar surface area (TPSA) is 133 Å². The molecule has 0 saturated heterocycles. The Balaban J connectivity index is 1.99. The van der Waals surface area contributed by atoms with Crippen LogP contribution >= 0.6 is 11.6 Å². The molecule has 9 heteroatoms. The van der Waals surface area contributed by atoms with Crippen molar-refractivity contribution >= 4 is 52.8 Å². The normalized spacial score (nSPS) is 10.9. The lowest BCUT2D eigenvalue weighted by atomic mass is 10.1. The average Bonchev–Trinajstić information content (AvgIpc) is 2.78. The molecule has 3 aromatic carbocycles. The molecule has 0 bridgehead atoms. The Morgan fingerprint density at radius 3 is 1.88 bits per heavy atom. The number of halogens is 1. The summed E-state index contributed by atoms with van der Waals surface area (Å²) in [4.78, 5) is 49.1. The van der Waals surface area contributed by atoms with Crippen LogP contribution < -0.4 is 10.6 Å². The van der Waals surface area contributed by atoms with Crippen molar-refractivity contribution in [2.24, 2.45) is 0 Å². The molecule has 0 aliphatic heterocycles. The van der Waals surface area contributed by atoms with Gasteiger partial charge in [0.15, 0.2) is 0 Å². The van der Waals surface area contributed by atoms with Gasteiger partial charge in [-0.3, -0.25) is 9.59 Å². The summed E-state index contributed by atoms with van der Waals surface area (Å²) in [6.45, 7) is 0. The molecule has 0 aromatic heterocycles. The van der Waals surface area contributed by atoms with E-state index >= 15 is 0 Å². The quantitative estimate of drug-likeness (QED) is 0.233. The molecule has 0 aliphatic rings. The van der Waals surface area contributed by atoms with Crippen LogP contribution in [0.4, 0.5) is 11.4 Å². The van der Waals surface area contributed by atoms with Crippen LogP contribution in [0.25, 0.3) is 6.08 Å². The molecular weight excluding hydrogens is 448 g/mol. The molecule has 4 N–H and O–H groups in total. The smallest absolute Gasteiger partial charge is 0.337 e. The van der Waals surface area contributed by atoms with Crippen LogP contribution in [-0.4, -0.2) is 34.0 Å². The minimum absolute atomic E-state index is 0.00394. The van der Waals surface area contributed by atoms with Crippen molar-refractivity contribution in [1.29, 1.82) is 0 Å². The number of carboxylic acids is 2. The summed E-state index contributed by atoms with van der Waals surface area (Å²) in [7, 11) is 0. The maximum atomic E-state index is 13.1. The lowest BCUT2D eigenvalue weighted by Crippen LogP contribution is -2.26. The van der Waals surface area contributed by atoms with Gasteiger partial charge in [-0.15, -0.1) is 0 Å². The number of carboxylic acid groups (broad SMARTS) is 2. The highest BCUT2D eigenvalue weighted by molar-refractivity contribution is 6.32. The summed E-state index contributed by atoms with van der Waals surface area (Å²) in [5.74, 6) is -4.35. The number of anilines is 2. The third-order valence-corrected chi connectivity index (χ3v) is 4.70. The highest BCUT2D eigenvalue weighted by atomic mass is 35.5. The maximum absolute atomic E-state index is 13.1. The van der Waals surface area contributed by atoms with Crippen LogP contribution in [0.5, 0.6) is 0 Å². The molecule has 33 heavy (non-hydrogen) atoms. The number of carbonyl (C=O) groups is 4. The van der Waals surface area contributed by atoms with E-state index < -0.39 is 23.8 Å². The highest BCUT2D eigenvalue weighted by Gasteiger charge is 2.23. The molecule has 2 amide bonds. The van der Waals surface area contributed by atoms with Gasteiger partial charge in [-0.1, -0.05) is 54.1 Å². The first-order valence-corrected chi connectivity index (χ1v) is 9.88. The van der Waals surface area contributed by atoms with Gasteiger partial charge >= 0.3 is 11.9 Å². The number of amides is 2. The molecular formula is C24H17ClN2O6. The second-order valence-electron chi connectivity index (χ2n) is 6.72. The number of aromatic carboxylic acids is 2. The monoisotopic (exact) mass is 464 g/mol. The molecule has 0 unspecified atom stereocenters. The lowest BCUT2D eigenvalue weighted by molar-refractivity contribution is -0.118. The third kappa shape index (κ3) is 5.84. The van der Waals surface area contributed by atoms with Crippen molar-refractivity contribution in [2.75, 3.05) is 10.6 Å². The maximum Gasteiger partial charge on any atom is 0.337 e. The fraction of sp³-hybridized carbons (Fsp3) is 0. The van der Waals surface area contributed by atoms with Crippen molar-refractivity contribution in [3.63, 3.8) is 0 Å². The number of para-hydroxylation sites is 1. The molecule has 8 nitrogen and oxygen atoms in total. The van der Waals surface area contributed by atoms with E-state index in [9.17, 15) is 29.4 Å². The Bertz CT molecular complexity index is 1270. The van der Waals surface area contributed by atoms with Gasteiger partial charge in [-0.05, 0) is 42.0 Å². The Morgan fingerprint density at radius 2 is 1.24 bits per heavy atom. The van der Waals surface area contributed by atoms with E-state index in [2.05, 4.69) is 10.6 Å². The highest BCUT2D eigenvalue weighted by Crippen LogP contribution is 2.23. The Labute approximate surface area is 193 Å². The zero-order valence-corrected chi connectivity index (χ0v) is 17.7. The first-order chi connectivity index (χ1) is 15.8. The molecule has 3 aromatic rings. The van der Waals surface area contributed by atoms with Gasteiger partial charge < -0.3 is 20.8 Å². The third-order valence-electron chi connectivity index (χ3n) is 4.47. The number of carbonyl (C=O) groups excluding carboxylic acids is 2. The Kier molecular flexibility index (Phi) is 7.22. The van der Waals surface area contributed by atoms with E-state index in [0.717, 1.165) is 0 Å². The first kappa shape index (κ1) is 23.2. The summed E-state index contributed by atoms with van der Waals surface area (Å²) in [6.07, 6.45) is 1.30. The molecule has 0 spiro atoms. The van der Waals surface area contributed by atoms with Crippen LogP contribution in [-0.2, 0) is 9.59 Å². The summed E-state index contributed by atoms with van der Waals surface area (Å²) in [5.41, 5.74) is -0.336. The van der Waals surface area contributed by atoms with E-state index in [1.54, 1.807) is 30.3 Å². The van der Waals surface area contributed by atoms with Gasteiger partial charge in [-0.25, -0.2) is 9.59 Å². The molecule has 0 heterocycles. The number of rotatable bonds is 7.